The van der Waals surface area contributed by atoms with Crippen molar-refractivity contribution >= 4 is 49.5 Å². The predicted octanol–water partition coefficient (Wildman–Crippen LogP) is 3.73. The molecule has 1 aromatic carbocycles. The average molecular weight is 477 g/mol. The van der Waals surface area contributed by atoms with Gasteiger partial charge in [-0.2, -0.15) is 0 Å². The van der Waals surface area contributed by atoms with Crippen LogP contribution in [0.1, 0.15) is 25.3 Å². The molecule has 0 radical (unpaired) electrons. The largest absolute Gasteiger partial charge is 0.466 e. The van der Waals surface area contributed by atoms with E-state index in [1.165, 1.54) is 14.2 Å². The molecule has 0 N–H and O–H groups in total. The van der Waals surface area contributed by atoms with Crippen LogP contribution in [-0.4, -0.2) is 39.5 Å². The Kier molecular flexibility index (Phi) is 6.65. The monoisotopic (exact) mass is 475 g/mol. The van der Waals surface area contributed by atoms with E-state index in [2.05, 4.69) is 45.7 Å². The number of halogens is 2. The van der Waals surface area contributed by atoms with Crippen LogP contribution in [0.5, 0.6) is 0 Å². The lowest BCUT2D eigenvalue weighted by atomic mass is 10.0. The fourth-order valence-corrected chi connectivity index (χ4v) is 4.15. The zero-order chi connectivity index (χ0) is 18.7. The van der Waals surface area contributed by atoms with Crippen LogP contribution in [0.2, 0.25) is 0 Å². The fraction of sp³-hybridized carbons (Fsp3) is 0.412. The van der Waals surface area contributed by atoms with E-state index in [1.807, 2.05) is 12.1 Å². The third-order valence-corrected chi connectivity index (χ3v) is 5.02. The molecule has 136 valence electrons. The topological polar surface area (TPSA) is 65.1 Å². The fourth-order valence-electron chi connectivity index (χ4n) is 2.50. The quantitative estimate of drug-likeness (QED) is 0.617. The van der Waals surface area contributed by atoms with Gasteiger partial charge >= 0.3 is 11.9 Å². The van der Waals surface area contributed by atoms with Crippen molar-refractivity contribution in [2.75, 3.05) is 32.5 Å². The predicted molar refractivity (Wildman–Crippen MR) is 100 cm³/mol. The summed E-state index contributed by atoms with van der Waals surface area (Å²) in [6.45, 7) is 4.26. The maximum absolute atomic E-state index is 12.4. The lowest BCUT2D eigenvalue weighted by molar-refractivity contribution is -0.140. The van der Waals surface area contributed by atoms with Gasteiger partial charge in [0.25, 0.3) is 0 Å². The lowest BCUT2D eigenvalue weighted by Gasteiger charge is -2.33. The summed E-state index contributed by atoms with van der Waals surface area (Å²) < 4.78 is 16.7. The molecule has 0 amide bonds. The molecule has 2 rings (SSSR count). The van der Waals surface area contributed by atoms with Crippen LogP contribution in [0.3, 0.4) is 0 Å². The van der Waals surface area contributed by atoms with Gasteiger partial charge in [0.2, 0.25) is 0 Å². The van der Waals surface area contributed by atoms with Crippen molar-refractivity contribution < 1.29 is 23.8 Å². The zero-order valence-electron chi connectivity index (χ0n) is 14.4. The van der Waals surface area contributed by atoms with Crippen molar-refractivity contribution in [3.05, 3.63) is 37.9 Å². The molecule has 0 aromatic heterocycles. The third kappa shape index (κ3) is 4.07. The molecule has 6 nitrogen and oxygen atoms in total. The smallest absolute Gasteiger partial charge is 0.355 e. The second-order valence-corrected chi connectivity index (χ2v) is 7.41. The normalized spacial score (nSPS) is 14.8. The molecule has 0 atom stereocenters. The summed E-state index contributed by atoms with van der Waals surface area (Å²) in [5.41, 5.74) is 2.02. The number of anilines is 1. The van der Waals surface area contributed by atoms with Crippen molar-refractivity contribution in [3.63, 3.8) is 0 Å². The number of hydrogen-bond donors (Lipinski definition) is 0. The van der Waals surface area contributed by atoms with Gasteiger partial charge in [0.1, 0.15) is 12.4 Å². The number of ether oxygens (including phenoxy) is 3. The highest BCUT2D eigenvalue weighted by Crippen LogP contribution is 2.40. The minimum Gasteiger partial charge on any atom is -0.466 e. The molecule has 8 heteroatoms. The summed E-state index contributed by atoms with van der Waals surface area (Å²) in [6, 6.07) is 3.96. The molecule has 0 saturated heterocycles. The molecule has 0 spiro atoms. The van der Waals surface area contributed by atoms with Crippen LogP contribution in [0.25, 0.3) is 0 Å². The third-order valence-electron chi connectivity index (χ3n) is 3.81. The van der Waals surface area contributed by atoms with Gasteiger partial charge < -0.3 is 19.1 Å². The second-order valence-electron chi connectivity index (χ2n) is 5.70. The summed E-state index contributed by atoms with van der Waals surface area (Å²) >= 11 is 7.11. The highest BCUT2D eigenvalue weighted by molar-refractivity contribution is 9.11. The molecule has 0 saturated carbocycles. The standard InChI is InChI=1S/C17H19Br2NO5/c1-9(2)10-5-12(18)15(13(19)6-10)20-8-25-7-11(16(21)23-3)14(20)17(22)24-4/h5-6,9H,7-8H2,1-4H3. The second kappa shape index (κ2) is 8.33. The van der Waals surface area contributed by atoms with E-state index in [0.29, 0.717) is 11.6 Å². The molecule has 1 aliphatic rings. The molecule has 1 aromatic rings. The molecule has 0 unspecified atom stereocenters. The number of hydrogen-bond acceptors (Lipinski definition) is 6. The summed E-state index contributed by atoms with van der Waals surface area (Å²) in [7, 11) is 2.52. The number of benzene rings is 1. The maximum Gasteiger partial charge on any atom is 0.355 e. The minimum absolute atomic E-state index is 0.0209. The van der Waals surface area contributed by atoms with E-state index in [-0.39, 0.29) is 24.6 Å². The first kappa shape index (κ1) is 19.9. The van der Waals surface area contributed by atoms with E-state index in [1.54, 1.807) is 4.90 Å². The van der Waals surface area contributed by atoms with Gasteiger partial charge in [-0.1, -0.05) is 13.8 Å². The Morgan fingerprint density at radius 1 is 1.12 bits per heavy atom. The van der Waals surface area contributed by atoms with E-state index < -0.39 is 11.9 Å². The Morgan fingerprint density at radius 2 is 1.68 bits per heavy atom. The van der Waals surface area contributed by atoms with Crippen LogP contribution in [0.15, 0.2) is 32.3 Å². The van der Waals surface area contributed by atoms with Gasteiger partial charge in [-0.15, -0.1) is 0 Å². The Labute approximate surface area is 163 Å². The van der Waals surface area contributed by atoms with Crippen molar-refractivity contribution in [3.8, 4) is 0 Å². The summed E-state index contributed by atoms with van der Waals surface area (Å²) in [5, 5.41) is 0. The molecule has 0 bridgehead atoms. The number of esters is 2. The lowest BCUT2D eigenvalue weighted by Crippen LogP contribution is -2.39. The van der Waals surface area contributed by atoms with Crippen molar-refractivity contribution in [2.24, 2.45) is 0 Å². The van der Waals surface area contributed by atoms with Gasteiger partial charge in [-0.25, -0.2) is 9.59 Å². The maximum atomic E-state index is 12.4. The number of rotatable bonds is 4. The molecular formula is C17H19Br2NO5. The van der Waals surface area contributed by atoms with Crippen LogP contribution < -0.4 is 4.90 Å². The first-order chi connectivity index (χ1) is 11.8. The Bertz CT molecular complexity index is 707. The Morgan fingerprint density at radius 3 is 2.16 bits per heavy atom. The summed E-state index contributed by atoms with van der Waals surface area (Å²) in [5.74, 6) is -0.924. The van der Waals surface area contributed by atoms with Crippen molar-refractivity contribution in [1.82, 2.24) is 0 Å². The average Bonchev–Trinajstić information content (AvgIpc) is 2.59. The van der Waals surface area contributed by atoms with Crippen LogP contribution >= 0.6 is 31.9 Å². The van der Waals surface area contributed by atoms with E-state index in [9.17, 15) is 9.59 Å². The number of carbonyl (C=O) groups excluding carboxylic acids is 2. The molecule has 1 heterocycles. The molecule has 0 aliphatic carbocycles. The Hall–Kier alpha value is -1.38. The molecule has 0 fully saturated rings. The first-order valence-corrected chi connectivity index (χ1v) is 9.14. The van der Waals surface area contributed by atoms with Gasteiger partial charge in [0.15, 0.2) is 0 Å². The number of nitrogens with zero attached hydrogens (tertiary/aromatic N) is 1. The summed E-state index contributed by atoms with van der Waals surface area (Å²) in [4.78, 5) is 26.0. The zero-order valence-corrected chi connectivity index (χ0v) is 17.6. The Balaban J connectivity index is 2.64. The number of methoxy groups -OCH3 is 2. The van der Waals surface area contributed by atoms with Crippen LogP contribution in [-0.2, 0) is 23.8 Å². The molecular weight excluding hydrogens is 458 g/mol. The van der Waals surface area contributed by atoms with E-state index >= 15 is 0 Å². The van der Waals surface area contributed by atoms with Crippen LogP contribution in [0, 0.1) is 0 Å². The van der Waals surface area contributed by atoms with Gasteiger partial charge in [-0.05, 0) is 55.5 Å². The first-order valence-electron chi connectivity index (χ1n) is 7.55. The van der Waals surface area contributed by atoms with E-state index in [0.717, 1.165) is 14.5 Å². The SMILES string of the molecule is COC(=O)C1=C(C(=O)OC)N(c2c(Br)cc(C(C)C)cc2Br)COC1. The van der Waals surface area contributed by atoms with Gasteiger partial charge in [-0.3, -0.25) is 0 Å². The number of carbonyl (C=O) groups is 2. The van der Waals surface area contributed by atoms with Gasteiger partial charge in [0.05, 0.1) is 32.1 Å². The molecule has 1 aliphatic heterocycles. The summed E-state index contributed by atoms with van der Waals surface area (Å²) in [6.07, 6.45) is 0. The van der Waals surface area contributed by atoms with E-state index in [4.69, 9.17) is 14.2 Å². The van der Waals surface area contributed by atoms with Crippen LogP contribution in [0.4, 0.5) is 5.69 Å². The minimum atomic E-state index is -0.629. The van der Waals surface area contributed by atoms with Crippen molar-refractivity contribution in [2.45, 2.75) is 19.8 Å². The molecule has 25 heavy (non-hydrogen) atoms. The highest BCUT2D eigenvalue weighted by atomic mass is 79.9. The van der Waals surface area contributed by atoms with Gasteiger partial charge in [0, 0.05) is 8.95 Å². The highest BCUT2D eigenvalue weighted by Gasteiger charge is 2.34. The van der Waals surface area contributed by atoms with Crippen molar-refractivity contribution in [1.29, 1.82) is 0 Å².